The minimum Gasteiger partial charge on any atom is -0.504 e. The van der Waals surface area contributed by atoms with E-state index in [9.17, 15) is 10.2 Å². The van der Waals surface area contributed by atoms with Crippen molar-refractivity contribution < 1.29 is 19.7 Å². The predicted molar refractivity (Wildman–Crippen MR) is 79.2 cm³/mol. The average Bonchev–Trinajstić information content (AvgIpc) is 2.85. The molecule has 21 heavy (non-hydrogen) atoms. The van der Waals surface area contributed by atoms with Gasteiger partial charge in [0.05, 0.1) is 19.6 Å². The lowest BCUT2D eigenvalue weighted by atomic mass is 9.87. The summed E-state index contributed by atoms with van der Waals surface area (Å²) in [5.41, 5.74) is 3.15. The molecule has 0 aromatic heterocycles. The van der Waals surface area contributed by atoms with E-state index in [0.29, 0.717) is 5.75 Å². The molecular formula is C17H18O4. The lowest BCUT2D eigenvalue weighted by Gasteiger charge is -2.18. The topological polar surface area (TPSA) is 58.9 Å². The van der Waals surface area contributed by atoms with Crippen molar-refractivity contribution in [2.75, 3.05) is 13.7 Å². The molecule has 2 unspecified atom stereocenters. The maximum atomic E-state index is 9.73. The fraction of sp³-hybridized carbons (Fsp3) is 0.294. The van der Waals surface area contributed by atoms with Crippen LogP contribution in [0.4, 0.5) is 0 Å². The van der Waals surface area contributed by atoms with Gasteiger partial charge in [0.25, 0.3) is 0 Å². The number of phenols is 1. The van der Waals surface area contributed by atoms with Crippen molar-refractivity contribution in [3.63, 3.8) is 0 Å². The van der Waals surface area contributed by atoms with Gasteiger partial charge in [-0.05, 0) is 30.7 Å². The third-order valence-electron chi connectivity index (χ3n) is 3.89. The number of hydrogen-bond acceptors (Lipinski definition) is 4. The zero-order chi connectivity index (χ0) is 15.0. The minimum absolute atomic E-state index is 0.0679. The zero-order valence-electron chi connectivity index (χ0n) is 12.0. The van der Waals surface area contributed by atoms with Crippen LogP contribution in [0.3, 0.4) is 0 Å². The second-order valence-corrected chi connectivity index (χ2v) is 5.29. The van der Waals surface area contributed by atoms with Gasteiger partial charge in [0, 0.05) is 5.56 Å². The van der Waals surface area contributed by atoms with Gasteiger partial charge in [-0.25, -0.2) is 0 Å². The van der Waals surface area contributed by atoms with Gasteiger partial charge in [-0.15, -0.1) is 0 Å². The summed E-state index contributed by atoms with van der Waals surface area (Å²) in [6.45, 7) is 1.96. The van der Waals surface area contributed by atoms with Crippen LogP contribution in [-0.4, -0.2) is 30.0 Å². The minimum atomic E-state index is -0.323. The van der Waals surface area contributed by atoms with Gasteiger partial charge in [-0.2, -0.15) is 0 Å². The van der Waals surface area contributed by atoms with Crippen LogP contribution in [0.2, 0.25) is 0 Å². The van der Waals surface area contributed by atoms with Crippen molar-refractivity contribution in [1.29, 1.82) is 0 Å². The molecule has 4 heteroatoms. The second kappa shape index (κ2) is 5.30. The lowest BCUT2D eigenvalue weighted by Crippen LogP contribution is -2.23. The summed E-state index contributed by atoms with van der Waals surface area (Å²) in [7, 11) is 1.52. The molecule has 0 aliphatic carbocycles. The molecule has 0 saturated carbocycles. The van der Waals surface area contributed by atoms with Crippen molar-refractivity contribution in [1.82, 2.24) is 0 Å². The predicted octanol–water partition coefficient (Wildman–Crippen LogP) is 2.59. The number of aromatic hydroxyl groups is 1. The number of aliphatic hydroxyl groups excluding tert-OH is 1. The third kappa shape index (κ3) is 2.32. The standard InChI is InChI=1S/C17H18O4/c1-10-3-6-14-12(7-10)17(16(9-18)21-14)11-4-5-13(19)15(8-11)20-2/h3-8,16-19H,9H2,1-2H3. The molecule has 1 heterocycles. The van der Waals surface area contributed by atoms with Crippen LogP contribution in [0.15, 0.2) is 36.4 Å². The first kappa shape index (κ1) is 13.8. The normalized spacial score (nSPS) is 20.0. The smallest absolute Gasteiger partial charge is 0.160 e. The molecule has 3 rings (SSSR count). The molecule has 4 nitrogen and oxygen atoms in total. The summed E-state index contributed by atoms with van der Waals surface area (Å²) < 4.78 is 11.0. The summed E-state index contributed by atoms with van der Waals surface area (Å²) in [6, 6.07) is 11.2. The maximum Gasteiger partial charge on any atom is 0.160 e. The quantitative estimate of drug-likeness (QED) is 0.910. The Kier molecular flexibility index (Phi) is 3.47. The molecule has 1 aliphatic rings. The first-order chi connectivity index (χ1) is 10.1. The molecule has 1 aliphatic heterocycles. The number of fused-ring (bicyclic) bond motifs is 1. The van der Waals surface area contributed by atoms with Crippen molar-refractivity contribution in [3.05, 3.63) is 53.1 Å². The van der Waals surface area contributed by atoms with Gasteiger partial charge in [0.1, 0.15) is 11.9 Å². The summed E-state index contributed by atoms with van der Waals surface area (Å²) in [5, 5.41) is 19.3. The van der Waals surface area contributed by atoms with E-state index in [1.807, 2.05) is 25.1 Å². The van der Waals surface area contributed by atoms with Crippen LogP contribution in [0.5, 0.6) is 17.2 Å². The fourth-order valence-electron chi connectivity index (χ4n) is 2.87. The number of rotatable bonds is 3. The Bertz CT molecular complexity index is 666. The first-order valence-corrected chi connectivity index (χ1v) is 6.89. The Hall–Kier alpha value is -2.20. The monoisotopic (exact) mass is 286 g/mol. The molecule has 0 fully saturated rings. The maximum absolute atomic E-state index is 9.73. The van der Waals surface area contributed by atoms with E-state index in [2.05, 4.69) is 6.07 Å². The Morgan fingerprint density at radius 1 is 1.19 bits per heavy atom. The Morgan fingerprint density at radius 2 is 2.00 bits per heavy atom. The van der Waals surface area contributed by atoms with Crippen molar-refractivity contribution >= 4 is 0 Å². The van der Waals surface area contributed by atoms with Crippen LogP contribution >= 0.6 is 0 Å². The van der Waals surface area contributed by atoms with Crippen molar-refractivity contribution in [3.8, 4) is 17.2 Å². The number of hydrogen-bond donors (Lipinski definition) is 2. The Balaban J connectivity index is 2.10. The largest absolute Gasteiger partial charge is 0.504 e. The first-order valence-electron chi connectivity index (χ1n) is 6.89. The lowest BCUT2D eigenvalue weighted by molar-refractivity contribution is 0.124. The van der Waals surface area contributed by atoms with E-state index < -0.39 is 0 Å². The van der Waals surface area contributed by atoms with E-state index in [0.717, 1.165) is 22.4 Å². The molecule has 110 valence electrons. The number of aryl methyl sites for hydroxylation is 1. The second-order valence-electron chi connectivity index (χ2n) is 5.29. The van der Waals surface area contributed by atoms with E-state index in [4.69, 9.17) is 9.47 Å². The Morgan fingerprint density at radius 3 is 2.71 bits per heavy atom. The van der Waals surface area contributed by atoms with Crippen LogP contribution < -0.4 is 9.47 Å². The third-order valence-corrected chi connectivity index (χ3v) is 3.89. The Labute approximate surface area is 123 Å². The molecule has 2 aromatic rings. The zero-order valence-corrected chi connectivity index (χ0v) is 12.0. The average molecular weight is 286 g/mol. The number of methoxy groups -OCH3 is 1. The molecule has 0 saturated heterocycles. The van der Waals surface area contributed by atoms with E-state index in [-0.39, 0.29) is 24.4 Å². The molecule has 0 radical (unpaired) electrons. The van der Waals surface area contributed by atoms with Gasteiger partial charge < -0.3 is 19.7 Å². The molecule has 0 amide bonds. The molecule has 0 spiro atoms. The van der Waals surface area contributed by atoms with Gasteiger partial charge in [0.2, 0.25) is 0 Å². The van der Waals surface area contributed by atoms with Crippen LogP contribution in [-0.2, 0) is 0 Å². The van der Waals surface area contributed by atoms with Gasteiger partial charge in [0.15, 0.2) is 11.5 Å². The van der Waals surface area contributed by atoms with Crippen molar-refractivity contribution in [2.45, 2.75) is 18.9 Å². The van der Waals surface area contributed by atoms with Gasteiger partial charge in [-0.3, -0.25) is 0 Å². The summed E-state index contributed by atoms with van der Waals surface area (Å²) in [4.78, 5) is 0. The van der Waals surface area contributed by atoms with Crippen LogP contribution in [0, 0.1) is 6.92 Å². The van der Waals surface area contributed by atoms with E-state index in [1.54, 1.807) is 12.1 Å². The number of phenolic OH excluding ortho intramolecular Hbond substituents is 1. The number of aliphatic hydroxyl groups is 1. The number of benzene rings is 2. The summed E-state index contributed by atoms with van der Waals surface area (Å²) >= 11 is 0. The highest BCUT2D eigenvalue weighted by Crippen LogP contribution is 2.44. The SMILES string of the molecule is COc1cc(C2c3cc(C)ccc3OC2CO)ccc1O. The fourth-order valence-corrected chi connectivity index (χ4v) is 2.87. The van der Waals surface area contributed by atoms with E-state index >= 15 is 0 Å². The van der Waals surface area contributed by atoms with Gasteiger partial charge in [-0.1, -0.05) is 23.8 Å². The molecule has 2 aromatic carbocycles. The molecule has 2 atom stereocenters. The molecular weight excluding hydrogens is 268 g/mol. The summed E-state index contributed by atoms with van der Waals surface area (Å²) in [6.07, 6.45) is -0.323. The summed E-state index contributed by atoms with van der Waals surface area (Å²) in [5.74, 6) is 1.26. The van der Waals surface area contributed by atoms with Crippen molar-refractivity contribution in [2.24, 2.45) is 0 Å². The molecule has 2 N–H and O–H groups in total. The van der Waals surface area contributed by atoms with E-state index in [1.165, 1.54) is 7.11 Å². The highest BCUT2D eigenvalue weighted by molar-refractivity contribution is 5.52. The molecule has 0 bridgehead atoms. The van der Waals surface area contributed by atoms with Gasteiger partial charge >= 0.3 is 0 Å². The van der Waals surface area contributed by atoms with Crippen LogP contribution in [0.25, 0.3) is 0 Å². The van der Waals surface area contributed by atoms with Crippen LogP contribution in [0.1, 0.15) is 22.6 Å². The number of ether oxygens (including phenoxy) is 2. The highest BCUT2D eigenvalue weighted by atomic mass is 16.5. The highest BCUT2D eigenvalue weighted by Gasteiger charge is 2.35.